The van der Waals surface area contributed by atoms with Crippen molar-refractivity contribution in [2.75, 3.05) is 30.4 Å². The minimum Gasteiger partial charge on any atom is -0.497 e. The number of hydrogen-bond acceptors (Lipinski definition) is 6. The lowest BCUT2D eigenvalue weighted by atomic mass is 10.2. The van der Waals surface area contributed by atoms with Gasteiger partial charge in [0.05, 0.1) is 19.2 Å². The number of halogens is 1. The smallest absolute Gasteiger partial charge is 0.243 e. The van der Waals surface area contributed by atoms with Gasteiger partial charge in [-0.25, -0.2) is 4.39 Å². The van der Waals surface area contributed by atoms with Crippen LogP contribution in [0.25, 0.3) is 17.0 Å². The molecule has 0 unspecified atom stereocenters. The molecular weight excluding hydrogens is 399 g/mol. The molecular formula is C22H21FN6O2. The lowest BCUT2D eigenvalue weighted by Crippen LogP contribution is -2.34. The minimum absolute atomic E-state index is 0.0867. The van der Waals surface area contributed by atoms with Gasteiger partial charge in [0.1, 0.15) is 17.4 Å². The molecule has 0 fully saturated rings. The number of rotatable bonds is 7. The fourth-order valence-corrected chi connectivity index (χ4v) is 3.19. The summed E-state index contributed by atoms with van der Waals surface area (Å²) in [7, 11) is 1.57. The molecule has 0 bridgehead atoms. The lowest BCUT2D eigenvalue weighted by molar-refractivity contribution is -0.115. The van der Waals surface area contributed by atoms with E-state index < -0.39 is 5.82 Å². The molecule has 9 heteroatoms. The van der Waals surface area contributed by atoms with Gasteiger partial charge in [-0.05, 0) is 43.3 Å². The zero-order valence-electron chi connectivity index (χ0n) is 17.1. The number of aromatic nitrogens is 4. The lowest BCUT2D eigenvalue weighted by Gasteiger charge is -2.21. The third-order valence-electron chi connectivity index (χ3n) is 4.76. The standard InChI is InChI=1S/C22H21FN6O2/c1-3-28(14-21(30)24-15-7-6-8-16(13-15)31-2)20-12-11-19-25-26-22(29(19)27-20)17-9-4-5-10-18(17)23/h4-13H,3,14H2,1-2H3,(H,24,30). The SMILES string of the molecule is CCN(CC(=O)Nc1cccc(OC)c1)c1ccc2nnc(-c3ccccc3F)n2n1. The Labute approximate surface area is 178 Å². The van der Waals surface area contributed by atoms with Crippen LogP contribution in [-0.4, -0.2) is 45.9 Å². The van der Waals surface area contributed by atoms with E-state index in [1.54, 1.807) is 66.6 Å². The Hall–Kier alpha value is -4.01. The van der Waals surface area contributed by atoms with E-state index in [-0.39, 0.29) is 12.5 Å². The quantitative estimate of drug-likeness (QED) is 0.493. The first-order valence-corrected chi connectivity index (χ1v) is 9.75. The highest BCUT2D eigenvalue weighted by Crippen LogP contribution is 2.22. The van der Waals surface area contributed by atoms with E-state index in [1.165, 1.54) is 10.6 Å². The van der Waals surface area contributed by atoms with Crippen molar-refractivity contribution in [3.8, 4) is 17.1 Å². The Morgan fingerprint density at radius 1 is 1.13 bits per heavy atom. The molecule has 0 aliphatic rings. The van der Waals surface area contributed by atoms with Gasteiger partial charge < -0.3 is 15.0 Å². The van der Waals surface area contributed by atoms with E-state index in [0.29, 0.717) is 40.8 Å². The maximum atomic E-state index is 14.3. The summed E-state index contributed by atoms with van der Waals surface area (Å²) in [5.41, 5.74) is 1.43. The van der Waals surface area contributed by atoms with E-state index in [0.717, 1.165) is 0 Å². The number of nitrogens with one attached hydrogen (secondary N) is 1. The first-order chi connectivity index (χ1) is 15.1. The molecule has 2 aromatic heterocycles. The van der Waals surface area contributed by atoms with E-state index in [9.17, 15) is 9.18 Å². The molecule has 0 radical (unpaired) electrons. The van der Waals surface area contributed by atoms with Gasteiger partial charge >= 0.3 is 0 Å². The summed E-state index contributed by atoms with van der Waals surface area (Å²) in [5, 5.41) is 15.6. The Morgan fingerprint density at radius 2 is 1.97 bits per heavy atom. The molecule has 0 aliphatic heterocycles. The molecule has 0 atom stereocenters. The number of methoxy groups -OCH3 is 1. The summed E-state index contributed by atoms with van der Waals surface area (Å²) in [6, 6.07) is 17.0. The molecule has 4 rings (SSSR count). The average molecular weight is 420 g/mol. The predicted molar refractivity (Wildman–Crippen MR) is 116 cm³/mol. The van der Waals surface area contributed by atoms with Gasteiger partial charge in [-0.1, -0.05) is 18.2 Å². The van der Waals surface area contributed by atoms with E-state index in [2.05, 4.69) is 20.6 Å². The number of ether oxygens (including phenoxy) is 1. The fraction of sp³-hybridized carbons (Fsp3) is 0.182. The molecule has 2 aromatic carbocycles. The van der Waals surface area contributed by atoms with E-state index in [1.807, 2.05) is 6.92 Å². The molecule has 8 nitrogen and oxygen atoms in total. The van der Waals surface area contributed by atoms with Gasteiger partial charge in [0, 0.05) is 18.3 Å². The summed E-state index contributed by atoms with van der Waals surface area (Å²) in [6.07, 6.45) is 0. The number of carbonyl (C=O) groups excluding carboxylic acids is 1. The third-order valence-corrected chi connectivity index (χ3v) is 4.76. The number of fused-ring (bicyclic) bond motifs is 1. The maximum Gasteiger partial charge on any atom is 0.243 e. The Bertz CT molecular complexity index is 1230. The largest absolute Gasteiger partial charge is 0.497 e. The van der Waals surface area contributed by atoms with E-state index >= 15 is 0 Å². The zero-order chi connectivity index (χ0) is 21.8. The Morgan fingerprint density at radius 3 is 2.74 bits per heavy atom. The van der Waals surface area contributed by atoms with Crippen LogP contribution in [0.3, 0.4) is 0 Å². The molecule has 158 valence electrons. The average Bonchev–Trinajstić information content (AvgIpc) is 3.21. The predicted octanol–water partition coefficient (Wildman–Crippen LogP) is 3.40. The highest BCUT2D eigenvalue weighted by molar-refractivity contribution is 5.94. The number of likely N-dealkylation sites (N-methyl/N-ethyl adjacent to an activating group) is 1. The second-order valence-corrected chi connectivity index (χ2v) is 6.76. The van der Waals surface area contributed by atoms with Crippen molar-refractivity contribution in [1.82, 2.24) is 19.8 Å². The van der Waals surface area contributed by atoms with Crippen molar-refractivity contribution in [3.63, 3.8) is 0 Å². The second kappa shape index (κ2) is 8.78. The van der Waals surface area contributed by atoms with Crippen molar-refractivity contribution in [3.05, 3.63) is 66.5 Å². The second-order valence-electron chi connectivity index (χ2n) is 6.76. The van der Waals surface area contributed by atoms with Crippen LogP contribution >= 0.6 is 0 Å². The molecule has 1 amide bonds. The number of amides is 1. The molecule has 4 aromatic rings. The van der Waals surface area contributed by atoms with E-state index in [4.69, 9.17) is 4.74 Å². The summed E-state index contributed by atoms with van der Waals surface area (Å²) in [5.74, 6) is 0.898. The summed E-state index contributed by atoms with van der Waals surface area (Å²) in [6.45, 7) is 2.55. The van der Waals surface area contributed by atoms with Crippen LogP contribution in [0.1, 0.15) is 6.92 Å². The normalized spacial score (nSPS) is 10.8. The van der Waals surface area contributed by atoms with Crippen molar-refractivity contribution < 1.29 is 13.9 Å². The monoisotopic (exact) mass is 420 g/mol. The zero-order valence-corrected chi connectivity index (χ0v) is 17.1. The summed E-state index contributed by atoms with van der Waals surface area (Å²) < 4.78 is 20.9. The molecule has 0 saturated carbocycles. The molecule has 31 heavy (non-hydrogen) atoms. The fourth-order valence-electron chi connectivity index (χ4n) is 3.19. The van der Waals surface area contributed by atoms with Gasteiger partial charge in [0.25, 0.3) is 0 Å². The number of nitrogens with zero attached hydrogens (tertiary/aromatic N) is 5. The van der Waals surface area contributed by atoms with Crippen LogP contribution < -0.4 is 15.0 Å². The van der Waals surface area contributed by atoms with Crippen LogP contribution in [0.2, 0.25) is 0 Å². The number of hydrogen-bond donors (Lipinski definition) is 1. The number of benzene rings is 2. The Kier molecular flexibility index (Phi) is 5.74. The number of carbonyl (C=O) groups is 1. The molecule has 0 spiro atoms. The van der Waals surface area contributed by atoms with Gasteiger partial charge in [0.15, 0.2) is 11.5 Å². The highest BCUT2D eigenvalue weighted by Gasteiger charge is 2.17. The van der Waals surface area contributed by atoms with Gasteiger partial charge in [-0.15, -0.1) is 15.3 Å². The topological polar surface area (TPSA) is 84.7 Å². The number of anilines is 2. The van der Waals surface area contributed by atoms with Crippen molar-refractivity contribution >= 4 is 23.1 Å². The molecule has 2 heterocycles. The van der Waals surface area contributed by atoms with Crippen molar-refractivity contribution in [2.24, 2.45) is 0 Å². The highest BCUT2D eigenvalue weighted by atomic mass is 19.1. The van der Waals surface area contributed by atoms with Crippen molar-refractivity contribution in [2.45, 2.75) is 6.92 Å². The summed E-state index contributed by atoms with van der Waals surface area (Å²) >= 11 is 0. The minimum atomic E-state index is -0.408. The van der Waals surface area contributed by atoms with Gasteiger partial charge in [0.2, 0.25) is 5.91 Å². The first-order valence-electron chi connectivity index (χ1n) is 9.75. The van der Waals surface area contributed by atoms with Crippen LogP contribution in [0.5, 0.6) is 5.75 Å². The third kappa shape index (κ3) is 4.30. The molecule has 0 saturated heterocycles. The first kappa shape index (κ1) is 20.3. The Balaban J connectivity index is 1.58. The molecule has 1 N–H and O–H groups in total. The summed E-state index contributed by atoms with van der Waals surface area (Å²) in [4.78, 5) is 14.4. The van der Waals surface area contributed by atoms with Crippen LogP contribution in [-0.2, 0) is 4.79 Å². The maximum absolute atomic E-state index is 14.3. The van der Waals surface area contributed by atoms with Gasteiger partial charge in [-0.2, -0.15) is 4.52 Å². The van der Waals surface area contributed by atoms with Crippen LogP contribution in [0.15, 0.2) is 60.7 Å². The molecule has 0 aliphatic carbocycles. The van der Waals surface area contributed by atoms with Gasteiger partial charge in [-0.3, -0.25) is 4.79 Å². The van der Waals surface area contributed by atoms with Crippen LogP contribution in [0.4, 0.5) is 15.9 Å². The van der Waals surface area contributed by atoms with Crippen LogP contribution in [0, 0.1) is 5.82 Å². The van der Waals surface area contributed by atoms with Crippen molar-refractivity contribution in [1.29, 1.82) is 0 Å².